The fraction of sp³-hybridized carbons (Fsp3) is 0.133. The third kappa shape index (κ3) is 3.98. The Morgan fingerprint density at radius 1 is 1.15 bits per heavy atom. The standard InChI is InChI=1S/C15H15FN2O2/c1-20-14-7-3-6-13(9-14)18-15(19)10-17-12-5-2-4-11(16)8-12/h2-9,17H,10H2,1H3,(H,18,19). The number of hydrogen-bond donors (Lipinski definition) is 2. The first-order valence-corrected chi connectivity index (χ1v) is 6.11. The first-order chi connectivity index (χ1) is 9.67. The average molecular weight is 274 g/mol. The zero-order valence-corrected chi connectivity index (χ0v) is 11.0. The van der Waals surface area contributed by atoms with E-state index in [0.717, 1.165) is 0 Å². The van der Waals surface area contributed by atoms with Crippen LogP contribution in [0.3, 0.4) is 0 Å². The normalized spacial score (nSPS) is 9.90. The molecular weight excluding hydrogens is 259 g/mol. The Morgan fingerprint density at radius 3 is 2.65 bits per heavy atom. The molecule has 0 atom stereocenters. The topological polar surface area (TPSA) is 50.4 Å². The van der Waals surface area contributed by atoms with Crippen molar-refractivity contribution < 1.29 is 13.9 Å². The van der Waals surface area contributed by atoms with Crippen molar-refractivity contribution in [3.05, 3.63) is 54.3 Å². The number of carbonyl (C=O) groups excluding carboxylic acids is 1. The van der Waals surface area contributed by atoms with Crippen LogP contribution in [0.25, 0.3) is 0 Å². The lowest BCUT2D eigenvalue weighted by Crippen LogP contribution is -2.21. The summed E-state index contributed by atoms with van der Waals surface area (Å²) < 4.78 is 18.0. The van der Waals surface area contributed by atoms with Gasteiger partial charge in [0.25, 0.3) is 0 Å². The van der Waals surface area contributed by atoms with E-state index in [9.17, 15) is 9.18 Å². The van der Waals surface area contributed by atoms with Gasteiger partial charge >= 0.3 is 0 Å². The van der Waals surface area contributed by atoms with Crippen molar-refractivity contribution in [1.29, 1.82) is 0 Å². The molecule has 2 rings (SSSR count). The maximum atomic E-state index is 13.0. The highest BCUT2D eigenvalue weighted by Crippen LogP contribution is 2.16. The van der Waals surface area contributed by atoms with Gasteiger partial charge in [0.2, 0.25) is 5.91 Å². The van der Waals surface area contributed by atoms with E-state index in [-0.39, 0.29) is 18.3 Å². The van der Waals surface area contributed by atoms with Crippen LogP contribution in [-0.4, -0.2) is 19.6 Å². The summed E-state index contributed by atoms with van der Waals surface area (Å²) in [6.07, 6.45) is 0. The zero-order valence-electron chi connectivity index (χ0n) is 11.0. The minimum absolute atomic E-state index is 0.0562. The summed E-state index contributed by atoms with van der Waals surface area (Å²) in [5.74, 6) is 0.103. The smallest absolute Gasteiger partial charge is 0.243 e. The number of methoxy groups -OCH3 is 1. The van der Waals surface area contributed by atoms with Crippen molar-refractivity contribution in [2.24, 2.45) is 0 Å². The molecule has 5 heteroatoms. The second-order valence-corrected chi connectivity index (χ2v) is 4.14. The third-order valence-electron chi connectivity index (χ3n) is 2.63. The summed E-state index contributed by atoms with van der Waals surface area (Å²) in [6, 6.07) is 13.0. The molecule has 2 N–H and O–H groups in total. The molecule has 2 aromatic carbocycles. The highest BCUT2D eigenvalue weighted by Gasteiger charge is 2.03. The van der Waals surface area contributed by atoms with Gasteiger partial charge in [0.15, 0.2) is 0 Å². The van der Waals surface area contributed by atoms with Crippen LogP contribution in [0.15, 0.2) is 48.5 Å². The van der Waals surface area contributed by atoms with Crippen molar-refractivity contribution in [2.45, 2.75) is 0 Å². The van der Waals surface area contributed by atoms with E-state index in [4.69, 9.17) is 4.74 Å². The molecule has 20 heavy (non-hydrogen) atoms. The fourth-order valence-corrected chi connectivity index (χ4v) is 1.69. The Morgan fingerprint density at radius 2 is 1.90 bits per heavy atom. The molecule has 0 heterocycles. The molecule has 0 spiro atoms. The maximum Gasteiger partial charge on any atom is 0.243 e. The molecule has 0 aliphatic heterocycles. The SMILES string of the molecule is COc1cccc(NC(=O)CNc2cccc(F)c2)c1. The van der Waals surface area contributed by atoms with Crippen LogP contribution in [0.5, 0.6) is 5.75 Å². The van der Waals surface area contributed by atoms with Crippen molar-refractivity contribution >= 4 is 17.3 Å². The highest BCUT2D eigenvalue weighted by molar-refractivity contribution is 5.93. The van der Waals surface area contributed by atoms with E-state index in [1.807, 2.05) is 0 Å². The fourth-order valence-electron chi connectivity index (χ4n) is 1.69. The first kappa shape index (κ1) is 13.9. The molecule has 0 radical (unpaired) electrons. The Kier molecular flexibility index (Phi) is 4.55. The molecule has 2 aromatic rings. The Bertz CT molecular complexity index is 602. The summed E-state index contributed by atoms with van der Waals surface area (Å²) in [5.41, 5.74) is 1.21. The molecule has 0 saturated heterocycles. The van der Waals surface area contributed by atoms with Gasteiger partial charge in [-0.1, -0.05) is 12.1 Å². The molecule has 0 unspecified atom stereocenters. The molecule has 0 bridgehead atoms. The number of ether oxygens (including phenoxy) is 1. The minimum Gasteiger partial charge on any atom is -0.497 e. The third-order valence-corrected chi connectivity index (χ3v) is 2.63. The van der Waals surface area contributed by atoms with E-state index in [1.54, 1.807) is 43.5 Å². The van der Waals surface area contributed by atoms with Crippen molar-refractivity contribution in [2.75, 3.05) is 24.3 Å². The summed E-state index contributed by atoms with van der Waals surface area (Å²) in [7, 11) is 1.56. The van der Waals surface area contributed by atoms with Crippen LogP contribution in [0, 0.1) is 5.82 Å². The predicted molar refractivity (Wildman–Crippen MR) is 76.5 cm³/mol. The Hall–Kier alpha value is -2.56. The first-order valence-electron chi connectivity index (χ1n) is 6.11. The van der Waals surface area contributed by atoms with Crippen LogP contribution >= 0.6 is 0 Å². The van der Waals surface area contributed by atoms with E-state index in [2.05, 4.69) is 10.6 Å². The van der Waals surface area contributed by atoms with Crippen molar-refractivity contribution in [3.63, 3.8) is 0 Å². The molecule has 0 saturated carbocycles. The average Bonchev–Trinajstić information content (AvgIpc) is 2.45. The summed E-state index contributed by atoms with van der Waals surface area (Å²) in [4.78, 5) is 11.8. The van der Waals surface area contributed by atoms with Gasteiger partial charge < -0.3 is 15.4 Å². The van der Waals surface area contributed by atoms with E-state index >= 15 is 0 Å². The van der Waals surface area contributed by atoms with Gasteiger partial charge in [0.1, 0.15) is 11.6 Å². The summed E-state index contributed by atoms with van der Waals surface area (Å²) >= 11 is 0. The zero-order chi connectivity index (χ0) is 14.4. The van der Waals surface area contributed by atoms with Gasteiger partial charge in [-0.2, -0.15) is 0 Å². The monoisotopic (exact) mass is 274 g/mol. The lowest BCUT2D eigenvalue weighted by Gasteiger charge is -2.08. The van der Waals surface area contributed by atoms with Crippen LogP contribution in [-0.2, 0) is 4.79 Å². The molecule has 0 aliphatic rings. The number of nitrogens with one attached hydrogen (secondary N) is 2. The number of carbonyl (C=O) groups is 1. The van der Waals surface area contributed by atoms with Crippen molar-refractivity contribution in [3.8, 4) is 5.75 Å². The van der Waals surface area contributed by atoms with Gasteiger partial charge in [-0.15, -0.1) is 0 Å². The van der Waals surface area contributed by atoms with Gasteiger partial charge in [-0.3, -0.25) is 4.79 Å². The summed E-state index contributed by atoms with van der Waals surface area (Å²) in [6.45, 7) is 0.0562. The maximum absolute atomic E-state index is 13.0. The van der Waals surface area contributed by atoms with E-state index in [1.165, 1.54) is 12.1 Å². The largest absolute Gasteiger partial charge is 0.497 e. The van der Waals surface area contributed by atoms with Gasteiger partial charge in [-0.25, -0.2) is 4.39 Å². The van der Waals surface area contributed by atoms with E-state index in [0.29, 0.717) is 17.1 Å². The number of anilines is 2. The molecule has 104 valence electrons. The Labute approximate surface area is 116 Å². The Balaban J connectivity index is 1.89. The number of halogens is 1. The van der Waals surface area contributed by atoms with Crippen LogP contribution in [0.4, 0.5) is 15.8 Å². The predicted octanol–water partition coefficient (Wildman–Crippen LogP) is 2.88. The number of amides is 1. The van der Waals surface area contributed by atoms with Crippen LogP contribution in [0.2, 0.25) is 0 Å². The molecule has 0 fully saturated rings. The number of benzene rings is 2. The molecule has 0 aromatic heterocycles. The lowest BCUT2D eigenvalue weighted by atomic mass is 10.3. The molecule has 0 aliphatic carbocycles. The van der Waals surface area contributed by atoms with Gasteiger partial charge in [0.05, 0.1) is 13.7 Å². The van der Waals surface area contributed by atoms with Crippen molar-refractivity contribution in [1.82, 2.24) is 0 Å². The second-order valence-electron chi connectivity index (χ2n) is 4.14. The quantitative estimate of drug-likeness (QED) is 0.881. The minimum atomic E-state index is -0.344. The summed E-state index contributed by atoms with van der Waals surface area (Å²) in [5, 5.41) is 5.58. The van der Waals surface area contributed by atoms with Gasteiger partial charge in [-0.05, 0) is 30.3 Å². The number of hydrogen-bond acceptors (Lipinski definition) is 3. The van der Waals surface area contributed by atoms with E-state index < -0.39 is 0 Å². The second kappa shape index (κ2) is 6.56. The molecule has 1 amide bonds. The van der Waals surface area contributed by atoms with Crippen LogP contribution in [0.1, 0.15) is 0 Å². The highest BCUT2D eigenvalue weighted by atomic mass is 19.1. The van der Waals surface area contributed by atoms with Gasteiger partial charge in [0, 0.05) is 17.4 Å². The molecule has 4 nitrogen and oxygen atoms in total. The lowest BCUT2D eigenvalue weighted by molar-refractivity contribution is -0.114. The number of rotatable bonds is 5. The molecular formula is C15H15FN2O2. The van der Waals surface area contributed by atoms with Crippen LogP contribution < -0.4 is 15.4 Å².